The Morgan fingerprint density at radius 2 is 1.58 bits per heavy atom. The van der Waals surface area contributed by atoms with Crippen molar-refractivity contribution in [3.8, 4) is 0 Å². The molecule has 5 nitrogen and oxygen atoms in total. The fourth-order valence-corrected chi connectivity index (χ4v) is 11.8. The Kier molecular flexibility index (Phi) is 5.89. The highest BCUT2D eigenvalue weighted by Gasteiger charge is 2.75. The summed E-state index contributed by atoms with van der Waals surface area (Å²) < 4.78 is 5.41. The molecule has 5 aliphatic rings. The van der Waals surface area contributed by atoms with E-state index in [1.165, 1.54) is 7.11 Å². The molecule has 5 saturated carbocycles. The second-order valence-electron chi connectivity index (χ2n) is 14.6. The molecule has 0 saturated heterocycles. The summed E-state index contributed by atoms with van der Waals surface area (Å²) in [6, 6.07) is 0. The van der Waals surface area contributed by atoms with E-state index in [1.54, 1.807) is 0 Å². The summed E-state index contributed by atoms with van der Waals surface area (Å²) in [5.74, 6) is 0.0171. The van der Waals surface area contributed by atoms with E-state index in [2.05, 4.69) is 41.2 Å². The first-order chi connectivity index (χ1) is 16.7. The molecule has 10 atom stereocenters. The van der Waals surface area contributed by atoms with Crippen LogP contribution in [0.3, 0.4) is 0 Å². The molecule has 0 bridgehead atoms. The maximum atomic E-state index is 13.6. The van der Waals surface area contributed by atoms with Gasteiger partial charge < -0.3 is 14.9 Å². The van der Waals surface area contributed by atoms with E-state index in [4.69, 9.17) is 4.74 Å². The lowest BCUT2D eigenvalue weighted by Gasteiger charge is -2.71. The van der Waals surface area contributed by atoms with E-state index < -0.39 is 16.8 Å². The first-order valence-electron chi connectivity index (χ1n) is 14.4. The average molecular weight is 501 g/mol. The summed E-state index contributed by atoms with van der Waals surface area (Å²) in [7, 11) is 1.49. The van der Waals surface area contributed by atoms with E-state index >= 15 is 0 Å². The Labute approximate surface area is 217 Å². The number of hydrogen-bond donors (Lipinski definition) is 2. The maximum Gasteiger partial charge on any atom is 0.312 e. The molecule has 5 heteroatoms. The van der Waals surface area contributed by atoms with Crippen molar-refractivity contribution in [1.82, 2.24) is 0 Å². The molecular formula is C31H48O5. The standard InChI is InChI=1S/C31H48O5/c1-18(2)19-10-15-30(26(35)36-7)16-17-31(25(33)34)20(24(19)30)8-9-22-28(5)13-12-23(32)27(3,4)21(28)11-14-29(22,31)6/h19-24,32H,1,8-17H2,2-7H3,(H,33,34)/t19-,20+,21-,22+,23-,24+,28-,29+,30-,31+/m0/s1. The number of aliphatic hydroxyl groups excluding tert-OH is 1. The number of aliphatic carboxylic acids is 1. The molecule has 0 aromatic rings. The molecule has 0 aromatic carbocycles. The summed E-state index contributed by atoms with van der Waals surface area (Å²) in [5.41, 5.74) is -0.824. The molecule has 0 radical (unpaired) electrons. The highest BCUT2D eigenvalue weighted by Crippen LogP contribution is 2.77. The lowest BCUT2D eigenvalue weighted by molar-refractivity contribution is -0.255. The minimum atomic E-state index is -0.843. The highest BCUT2D eigenvalue weighted by molar-refractivity contribution is 5.81. The molecular weight excluding hydrogens is 452 g/mol. The number of ether oxygens (including phenoxy) is 1. The number of carbonyl (C=O) groups is 2. The smallest absolute Gasteiger partial charge is 0.312 e. The van der Waals surface area contributed by atoms with Crippen molar-refractivity contribution in [3.05, 3.63) is 12.2 Å². The van der Waals surface area contributed by atoms with Crippen molar-refractivity contribution >= 4 is 11.9 Å². The van der Waals surface area contributed by atoms with Gasteiger partial charge in [0.1, 0.15) is 0 Å². The zero-order chi connectivity index (χ0) is 26.5. The molecule has 36 heavy (non-hydrogen) atoms. The lowest BCUT2D eigenvalue weighted by atomic mass is 9.32. The van der Waals surface area contributed by atoms with Crippen molar-refractivity contribution < 1.29 is 24.5 Å². The molecule has 5 fully saturated rings. The SMILES string of the molecule is C=C(C)[C@@H]1CC[C@]2(C(=O)OC)CC[C@]3(C(=O)O)[C@H](CC[C@@H]4[C@@]5(C)CC[C@H](O)C(C)(C)[C@@H]5CC[C@]43C)[C@@H]12. The highest BCUT2D eigenvalue weighted by atomic mass is 16.5. The van der Waals surface area contributed by atoms with Crippen molar-refractivity contribution in [3.63, 3.8) is 0 Å². The van der Waals surface area contributed by atoms with Crippen molar-refractivity contribution in [1.29, 1.82) is 0 Å². The zero-order valence-corrected chi connectivity index (χ0v) is 23.4. The van der Waals surface area contributed by atoms with E-state index in [0.717, 1.165) is 56.9 Å². The maximum absolute atomic E-state index is 13.6. The molecule has 0 amide bonds. The van der Waals surface area contributed by atoms with Gasteiger partial charge in [0, 0.05) is 0 Å². The number of fused-ring (bicyclic) bond motifs is 7. The van der Waals surface area contributed by atoms with Crippen LogP contribution in [0.5, 0.6) is 0 Å². The number of aliphatic hydroxyl groups is 1. The predicted octanol–water partition coefficient (Wildman–Crippen LogP) is 6.24. The largest absolute Gasteiger partial charge is 0.481 e. The lowest BCUT2D eigenvalue weighted by Crippen LogP contribution is -2.69. The molecule has 0 aromatic heterocycles. The first kappa shape index (κ1) is 26.3. The monoisotopic (exact) mass is 500 g/mol. The number of carbonyl (C=O) groups excluding carboxylic acids is 1. The predicted molar refractivity (Wildman–Crippen MR) is 139 cm³/mol. The number of methoxy groups -OCH3 is 1. The van der Waals surface area contributed by atoms with Crippen LogP contribution in [0.4, 0.5) is 0 Å². The van der Waals surface area contributed by atoms with Gasteiger partial charge >= 0.3 is 11.9 Å². The summed E-state index contributed by atoms with van der Waals surface area (Å²) in [6.45, 7) is 15.5. The minimum absolute atomic E-state index is 0.0137. The molecule has 5 rings (SSSR count). The number of carboxylic acids is 1. The molecule has 0 heterocycles. The fraction of sp³-hybridized carbons (Fsp3) is 0.871. The van der Waals surface area contributed by atoms with Crippen LogP contribution in [0.15, 0.2) is 12.2 Å². The second-order valence-corrected chi connectivity index (χ2v) is 14.6. The normalized spacial score (nSPS) is 51.2. The van der Waals surface area contributed by atoms with Crippen LogP contribution in [0.2, 0.25) is 0 Å². The van der Waals surface area contributed by atoms with Gasteiger partial charge in [0.25, 0.3) is 0 Å². The number of hydrogen-bond acceptors (Lipinski definition) is 4. The number of esters is 1. The summed E-state index contributed by atoms with van der Waals surface area (Å²) in [5, 5.41) is 22.1. The van der Waals surface area contributed by atoms with Crippen molar-refractivity contribution in [2.45, 2.75) is 105 Å². The van der Waals surface area contributed by atoms with Crippen molar-refractivity contribution in [2.24, 2.45) is 56.7 Å². The van der Waals surface area contributed by atoms with Crippen LogP contribution in [0.25, 0.3) is 0 Å². The van der Waals surface area contributed by atoms with E-state index in [-0.39, 0.29) is 46.1 Å². The zero-order valence-electron chi connectivity index (χ0n) is 23.4. The Balaban J connectivity index is 1.64. The van der Waals surface area contributed by atoms with Gasteiger partial charge in [0.15, 0.2) is 0 Å². The number of carboxylic acid groups (broad SMARTS) is 1. The first-order valence-corrected chi connectivity index (χ1v) is 14.4. The van der Waals surface area contributed by atoms with Gasteiger partial charge in [-0.25, -0.2) is 0 Å². The van der Waals surface area contributed by atoms with Crippen LogP contribution in [0, 0.1) is 56.7 Å². The van der Waals surface area contributed by atoms with Crippen LogP contribution >= 0.6 is 0 Å². The molecule has 202 valence electrons. The Morgan fingerprint density at radius 1 is 0.889 bits per heavy atom. The summed E-state index contributed by atoms with van der Waals surface area (Å²) >= 11 is 0. The summed E-state index contributed by atoms with van der Waals surface area (Å²) in [6.07, 6.45) is 8.00. The molecule has 2 N–H and O–H groups in total. The molecule has 5 aliphatic carbocycles. The number of rotatable bonds is 3. The Morgan fingerprint density at radius 3 is 2.19 bits per heavy atom. The Hall–Kier alpha value is -1.36. The molecule has 0 unspecified atom stereocenters. The van der Waals surface area contributed by atoms with Gasteiger partial charge in [0.2, 0.25) is 0 Å². The van der Waals surface area contributed by atoms with Gasteiger partial charge in [0.05, 0.1) is 24.0 Å². The molecule has 0 spiro atoms. The van der Waals surface area contributed by atoms with Crippen LogP contribution < -0.4 is 0 Å². The van der Waals surface area contributed by atoms with Gasteiger partial charge in [-0.3, -0.25) is 9.59 Å². The van der Waals surface area contributed by atoms with Crippen molar-refractivity contribution in [2.75, 3.05) is 7.11 Å². The van der Waals surface area contributed by atoms with Crippen LogP contribution in [-0.2, 0) is 14.3 Å². The van der Waals surface area contributed by atoms with E-state index in [9.17, 15) is 19.8 Å². The third-order valence-electron chi connectivity index (χ3n) is 13.4. The van der Waals surface area contributed by atoms with Crippen LogP contribution in [0.1, 0.15) is 98.8 Å². The van der Waals surface area contributed by atoms with E-state index in [1.807, 2.05) is 0 Å². The topological polar surface area (TPSA) is 83.8 Å². The quantitative estimate of drug-likeness (QED) is 0.354. The minimum Gasteiger partial charge on any atom is -0.481 e. The van der Waals surface area contributed by atoms with Gasteiger partial charge in [-0.1, -0.05) is 39.8 Å². The van der Waals surface area contributed by atoms with Gasteiger partial charge in [-0.2, -0.15) is 0 Å². The fourth-order valence-electron chi connectivity index (χ4n) is 11.8. The summed E-state index contributed by atoms with van der Waals surface area (Å²) in [4.78, 5) is 27.0. The number of allylic oxidation sites excluding steroid dienone is 1. The second kappa shape index (κ2) is 8.07. The third-order valence-corrected chi connectivity index (χ3v) is 13.4. The van der Waals surface area contributed by atoms with Crippen LogP contribution in [-0.4, -0.2) is 35.4 Å². The van der Waals surface area contributed by atoms with Gasteiger partial charge in [-0.05, 0) is 117 Å². The Bertz CT molecular complexity index is 970. The third kappa shape index (κ3) is 2.93. The average Bonchev–Trinajstić information content (AvgIpc) is 3.22. The van der Waals surface area contributed by atoms with E-state index in [0.29, 0.717) is 24.7 Å². The van der Waals surface area contributed by atoms with Gasteiger partial charge in [-0.15, -0.1) is 0 Å². The molecule has 0 aliphatic heterocycles.